The van der Waals surface area contributed by atoms with Gasteiger partial charge in [-0.25, -0.2) is 5.43 Å². The number of amides is 2. The quantitative estimate of drug-likeness (QED) is 0.375. The minimum Gasteiger partial charge on any atom is -0.490 e. The molecule has 0 atom stereocenters. The second-order valence-corrected chi connectivity index (χ2v) is 7.36. The van der Waals surface area contributed by atoms with Crippen molar-refractivity contribution in [3.63, 3.8) is 0 Å². The average molecular weight is 446 g/mol. The van der Waals surface area contributed by atoms with Crippen molar-refractivity contribution in [3.05, 3.63) is 89.0 Å². The molecule has 0 aliphatic carbocycles. The number of nitrogens with one attached hydrogen (secondary N) is 2. The number of anilines is 1. The Bertz CT molecular complexity index is 1160. The predicted molar refractivity (Wildman–Crippen MR) is 129 cm³/mol. The van der Waals surface area contributed by atoms with Gasteiger partial charge in [0.15, 0.2) is 18.1 Å². The molecule has 0 unspecified atom stereocenters. The Labute approximate surface area is 193 Å². The van der Waals surface area contributed by atoms with Gasteiger partial charge in [0.1, 0.15) is 0 Å². The van der Waals surface area contributed by atoms with Crippen molar-refractivity contribution in [1.82, 2.24) is 5.43 Å². The number of nitrogens with zero attached hydrogens (tertiary/aromatic N) is 1. The fourth-order valence-corrected chi connectivity index (χ4v) is 3.05. The van der Waals surface area contributed by atoms with E-state index in [0.29, 0.717) is 29.2 Å². The molecule has 7 nitrogen and oxygen atoms in total. The van der Waals surface area contributed by atoms with Crippen LogP contribution in [-0.2, 0) is 4.79 Å². The molecular formula is C26H27N3O4. The van der Waals surface area contributed by atoms with Crippen molar-refractivity contribution in [3.8, 4) is 11.5 Å². The lowest BCUT2D eigenvalue weighted by molar-refractivity contribution is -0.118. The van der Waals surface area contributed by atoms with E-state index in [1.165, 1.54) is 6.21 Å². The van der Waals surface area contributed by atoms with Crippen LogP contribution in [0.2, 0.25) is 0 Å². The lowest BCUT2D eigenvalue weighted by Gasteiger charge is -2.13. The number of carbonyl (C=O) groups excluding carboxylic acids is 2. The largest absolute Gasteiger partial charge is 0.490 e. The first-order valence-corrected chi connectivity index (χ1v) is 10.6. The van der Waals surface area contributed by atoms with E-state index in [4.69, 9.17) is 9.47 Å². The molecule has 0 fully saturated rings. The van der Waals surface area contributed by atoms with Crippen molar-refractivity contribution >= 4 is 23.7 Å². The number of aryl methyl sites for hydroxylation is 2. The van der Waals surface area contributed by atoms with Crippen LogP contribution < -0.4 is 20.2 Å². The summed E-state index contributed by atoms with van der Waals surface area (Å²) in [5.41, 5.74) is 6.47. The molecule has 3 aromatic rings. The van der Waals surface area contributed by atoms with Gasteiger partial charge in [0, 0.05) is 11.3 Å². The van der Waals surface area contributed by atoms with Gasteiger partial charge in [0.2, 0.25) is 0 Å². The molecule has 0 bridgehead atoms. The summed E-state index contributed by atoms with van der Waals surface area (Å²) in [5, 5.41) is 6.86. The third-order valence-electron chi connectivity index (χ3n) is 4.71. The van der Waals surface area contributed by atoms with Gasteiger partial charge in [-0.1, -0.05) is 35.9 Å². The molecule has 0 aliphatic heterocycles. The second-order valence-electron chi connectivity index (χ2n) is 7.36. The summed E-state index contributed by atoms with van der Waals surface area (Å²) >= 11 is 0. The summed E-state index contributed by atoms with van der Waals surface area (Å²) in [5.74, 6) is 0.365. The SMILES string of the molecule is CCOc1cc(/C=N/NC(=O)c2cccc(C)c2)ccc1OCC(=O)Nc1ccccc1C. The normalized spacial score (nSPS) is 10.6. The highest BCUT2D eigenvalue weighted by Crippen LogP contribution is 2.28. The fourth-order valence-electron chi connectivity index (χ4n) is 3.05. The van der Waals surface area contributed by atoms with Gasteiger partial charge in [0.25, 0.3) is 11.8 Å². The summed E-state index contributed by atoms with van der Waals surface area (Å²) < 4.78 is 11.3. The number of hydrogen-bond acceptors (Lipinski definition) is 5. The van der Waals surface area contributed by atoms with E-state index in [0.717, 1.165) is 16.8 Å². The first-order chi connectivity index (χ1) is 16.0. The van der Waals surface area contributed by atoms with Crippen molar-refractivity contribution < 1.29 is 19.1 Å². The van der Waals surface area contributed by atoms with Crippen LogP contribution in [0, 0.1) is 13.8 Å². The van der Waals surface area contributed by atoms with E-state index in [9.17, 15) is 9.59 Å². The van der Waals surface area contributed by atoms with Crippen LogP contribution >= 0.6 is 0 Å². The zero-order valence-corrected chi connectivity index (χ0v) is 18.9. The van der Waals surface area contributed by atoms with Gasteiger partial charge >= 0.3 is 0 Å². The standard InChI is InChI=1S/C26H27N3O4/c1-4-32-24-15-20(16-27-29-26(31)21-10-7-8-18(2)14-21)12-13-23(24)33-17-25(30)28-22-11-6-5-9-19(22)3/h5-16H,4,17H2,1-3H3,(H,28,30)(H,29,31)/b27-16+. The van der Waals surface area contributed by atoms with E-state index in [1.807, 2.05) is 57.2 Å². The molecule has 3 aromatic carbocycles. The van der Waals surface area contributed by atoms with Gasteiger partial charge in [0.05, 0.1) is 12.8 Å². The third kappa shape index (κ3) is 6.93. The molecule has 2 N–H and O–H groups in total. The molecule has 0 saturated carbocycles. The minimum atomic E-state index is -0.292. The summed E-state index contributed by atoms with van der Waals surface area (Å²) in [7, 11) is 0. The molecule has 0 spiro atoms. The van der Waals surface area contributed by atoms with Crippen molar-refractivity contribution in [2.24, 2.45) is 5.10 Å². The Kier molecular flexibility index (Phi) is 8.18. The first kappa shape index (κ1) is 23.5. The number of benzene rings is 3. The van der Waals surface area contributed by atoms with Gasteiger partial charge < -0.3 is 14.8 Å². The number of para-hydroxylation sites is 1. The van der Waals surface area contributed by atoms with Gasteiger partial charge in [-0.15, -0.1) is 0 Å². The highest BCUT2D eigenvalue weighted by Gasteiger charge is 2.10. The lowest BCUT2D eigenvalue weighted by Crippen LogP contribution is -2.20. The number of rotatable bonds is 9. The van der Waals surface area contributed by atoms with Crippen LogP contribution in [0.4, 0.5) is 5.69 Å². The van der Waals surface area contributed by atoms with Crippen LogP contribution in [0.25, 0.3) is 0 Å². The predicted octanol–water partition coefficient (Wildman–Crippen LogP) is 4.48. The Morgan fingerprint density at radius 1 is 0.939 bits per heavy atom. The smallest absolute Gasteiger partial charge is 0.271 e. The first-order valence-electron chi connectivity index (χ1n) is 10.6. The molecule has 33 heavy (non-hydrogen) atoms. The van der Waals surface area contributed by atoms with Gasteiger partial charge in [-0.2, -0.15) is 5.10 Å². The zero-order chi connectivity index (χ0) is 23.6. The summed E-state index contributed by atoms with van der Waals surface area (Å²) in [6.45, 7) is 5.97. The number of carbonyl (C=O) groups is 2. The highest BCUT2D eigenvalue weighted by atomic mass is 16.5. The Morgan fingerprint density at radius 3 is 2.52 bits per heavy atom. The maximum Gasteiger partial charge on any atom is 0.271 e. The van der Waals surface area contributed by atoms with Crippen LogP contribution in [0.3, 0.4) is 0 Å². The van der Waals surface area contributed by atoms with Crippen molar-refractivity contribution in [2.75, 3.05) is 18.5 Å². The topological polar surface area (TPSA) is 89.0 Å². The minimum absolute atomic E-state index is 0.158. The molecular weight excluding hydrogens is 418 g/mol. The van der Waals surface area contributed by atoms with Gasteiger partial charge in [-0.05, 0) is 68.3 Å². The third-order valence-corrected chi connectivity index (χ3v) is 4.71. The van der Waals surface area contributed by atoms with E-state index in [-0.39, 0.29) is 18.4 Å². The summed E-state index contributed by atoms with van der Waals surface area (Å²) in [4.78, 5) is 24.5. The van der Waals surface area contributed by atoms with E-state index < -0.39 is 0 Å². The van der Waals surface area contributed by atoms with E-state index in [1.54, 1.807) is 30.3 Å². The average Bonchev–Trinajstić information content (AvgIpc) is 2.80. The fraction of sp³-hybridized carbons (Fsp3) is 0.192. The molecule has 0 saturated heterocycles. The van der Waals surface area contributed by atoms with Crippen molar-refractivity contribution in [1.29, 1.82) is 0 Å². The molecule has 2 amide bonds. The summed E-state index contributed by atoms with van der Waals surface area (Å²) in [6.07, 6.45) is 1.52. The number of ether oxygens (including phenoxy) is 2. The lowest BCUT2D eigenvalue weighted by atomic mass is 10.1. The van der Waals surface area contributed by atoms with Crippen LogP contribution in [0.15, 0.2) is 71.8 Å². The van der Waals surface area contributed by atoms with Crippen LogP contribution in [0.1, 0.15) is 34.0 Å². The Hall–Kier alpha value is -4.13. The van der Waals surface area contributed by atoms with Crippen LogP contribution in [0.5, 0.6) is 11.5 Å². The maximum atomic E-state index is 12.3. The second kappa shape index (κ2) is 11.5. The highest BCUT2D eigenvalue weighted by molar-refractivity contribution is 5.95. The maximum absolute atomic E-state index is 12.3. The molecule has 0 radical (unpaired) electrons. The molecule has 7 heteroatoms. The molecule has 0 aromatic heterocycles. The number of hydrogen-bond donors (Lipinski definition) is 2. The molecule has 170 valence electrons. The Morgan fingerprint density at radius 2 is 1.76 bits per heavy atom. The number of hydrazone groups is 1. The van der Waals surface area contributed by atoms with Gasteiger partial charge in [-0.3, -0.25) is 9.59 Å². The molecule has 0 heterocycles. The molecule has 0 aliphatic rings. The zero-order valence-electron chi connectivity index (χ0n) is 18.9. The van der Waals surface area contributed by atoms with Crippen molar-refractivity contribution in [2.45, 2.75) is 20.8 Å². The van der Waals surface area contributed by atoms with E-state index in [2.05, 4.69) is 15.8 Å². The monoisotopic (exact) mass is 445 g/mol. The molecule has 3 rings (SSSR count). The van der Waals surface area contributed by atoms with Crippen LogP contribution in [-0.4, -0.2) is 31.2 Å². The summed E-state index contributed by atoms with van der Waals surface area (Å²) in [6, 6.07) is 20.0. The Balaban J connectivity index is 1.61. The van der Waals surface area contributed by atoms with E-state index >= 15 is 0 Å².